The van der Waals surface area contributed by atoms with E-state index in [4.69, 9.17) is 9.47 Å². The SMILES string of the molecule is CC/C=C(/C)[C@H]1OC[C@H](C)O1. The molecule has 0 amide bonds. The second-order valence-corrected chi connectivity index (χ2v) is 2.97. The van der Waals surface area contributed by atoms with Crippen LogP contribution in [-0.2, 0) is 9.47 Å². The quantitative estimate of drug-likeness (QED) is 0.570. The van der Waals surface area contributed by atoms with Gasteiger partial charge in [-0.25, -0.2) is 0 Å². The lowest BCUT2D eigenvalue weighted by molar-refractivity contribution is -0.0252. The van der Waals surface area contributed by atoms with Crippen molar-refractivity contribution in [1.29, 1.82) is 0 Å². The predicted molar refractivity (Wildman–Crippen MR) is 44.3 cm³/mol. The minimum absolute atomic E-state index is 0.0788. The fourth-order valence-corrected chi connectivity index (χ4v) is 1.17. The molecule has 0 unspecified atom stereocenters. The van der Waals surface area contributed by atoms with Gasteiger partial charge < -0.3 is 9.47 Å². The molecule has 0 radical (unpaired) electrons. The molecule has 0 aliphatic carbocycles. The number of allylic oxidation sites excluding steroid dienone is 1. The maximum absolute atomic E-state index is 5.49. The number of hydrogen-bond donors (Lipinski definition) is 0. The second-order valence-electron chi connectivity index (χ2n) is 2.97. The minimum atomic E-state index is -0.0788. The highest BCUT2D eigenvalue weighted by Crippen LogP contribution is 2.17. The highest BCUT2D eigenvalue weighted by atomic mass is 16.7. The molecule has 2 nitrogen and oxygen atoms in total. The van der Waals surface area contributed by atoms with Gasteiger partial charge in [-0.15, -0.1) is 0 Å². The Hall–Kier alpha value is -0.340. The van der Waals surface area contributed by atoms with Crippen LogP contribution in [0.3, 0.4) is 0 Å². The molecular formula is C9H16O2. The van der Waals surface area contributed by atoms with Crippen LogP contribution in [0.5, 0.6) is 0 Å². The molecule has 2 heteroatoms. The van der Waals surface area contributed by atoms with Gasteiger partial charge in [-0.2, -0.15) is 0 Å². The first kappa shape index (κ1) is 8.75. The first-order valence-electron chi connectivity index (χ1n) is 4.17. The molecule has 0 spiro atoms. The Morgan fingerprint density at radius 2 is 2.36 bits per heavy atom. The average molecular weight is 156 g/mol. The predicted octanol–water partition coefficient (Wildman–Crippen LogP) is 2.10. The molecule has 1 aliphatic heterocycles. The largest absolute Gasteiger partial charge is 0.346 e. The fraction of sp³-hybridized carbons (Fsp3) is 0.778. The van der Waals surface area contributed by atoms with Gasteiger partial charge in [-0.1, -0.05) is 13.0 Å². The third-order valence-corrected chi connectivity index (χ3v) is 1.74. The Morgan fingerprint density at radius 1 is 1.64 bits per heavy atom. The number of hydrogen-bond acceptors (Lipinski definition) is 2. The summed E-state index contributed by atoms with van der Waals surface area (Å²) in [7, 11) is 0. The summed E-state index contributed by atoms with van der Waals surface area (Å²) in [6.07, 6.45) is 3.36. The molecule has 0 aromatic heterocycles. The molecule has 0 aromatic rings. The van der Waals surface area contributed by atoms with E-state index in [0.29, 0.717) is 0 Å². The molecule has 1 rings (SSSR count). The lowest BCUT2D eigenvalue weighted by Crippen LogP contribution is -2.10. The van der Waals surface area contributed by atoms with Gasteiger partial charge in [0.2, 0.25) is 0 Å². The first-order chi connectivity index (χ1) is 5.24. The molecule has 1 aliphatic rings. The van der Waals surface area contributed by atoms with Gasteiger partial charge in [0.05, 0.1) is 12.7 Å². The summed E-state index contributed by atoms with van der Waals surface area (Å²) < 4.78 is 10.9. The zero-order chi connectivity index (χ0) is 8.27. The van der Waals surface area contributed by atoms with E-state index in [2.05, 4.69) is 13.0 Å². The summed E-state index contributed by atoms with van der Waals surface area (Å²) in [6.45, 7) is 6.91. The van der Waals surface area contributed by atoms with Crippen molar-refractivity contribution in [2.24, 2.45) is 0 Å². The Morgan fingerprint density at radius 3 is 2.82 bits per heavy atom. The average Bonchev–Trinajstić information content (AvgIpc) is 2.36. The summed E-state index contributed by atoms with van der Waals surface area (Å²) in [4.78, 5) is 0. The van der Waals surface area contributed by atoms with Gasteiger partial charge in [-0.3, -0.25) is 0 Å². The number of ether oxygens (including phenoxy) is 2. The Kier molecular flexibility index (Phi) is 3.09. The fourth-order valence-electron chi connectivity index (χ4n) is 1.17. The van der Waals surface area contributed by atoms with Crippen molar-refractivity contribution in [3.8, 4) is 0 Å². The third-order valence-electron chi connectivity index (χ3n) is 1.74. The van der Waals surface area contributed by atoms with E-state index in [9.17, 15) is 0 Å². The zero-order valence-corrected chi connectivity index (χ0v) is 7.46. The highest BCUT2D eigenvalue weighted by molar-refractivity contribution is 5.02. The van der Waals surface area contributed by atoms with Crippen molar-refractivity contribution in [3.63, 3.8) is 0 Å². The minimum Gasteiger partial charge on any atom is -0.346 e. The molecule has 64 valence electrons. The van der Waals surface area contributed by atoms with Crippen LogP contribution in [0.2, 0.25) is 0 Å². The zero-order valence-electron chi connectivity index (χ0n) is 7.46. The molecule has 0 aromatic carbocycles. The standard InChI is InChI=1S/C9H16O2/c1-4-5-7(2)9-10-6-8(3)11-9/h5,8-9H,4,6H2,1-3H3/b7-5-/t8-,9-/m0/s1. The summed E-state index contributed by atoms with van der Waals surface area (Å²) >= 11 is 0. The van der Waals surface area contributed by atoms with Gasteiger partial charge in [0.25, 0.3) is 0 Å². The van der Waals surface area contributed by atoms with E-state index in [1.54, 1.807) is 0 Å². The number of rotatable bonds is 2. The molecule has 2 atom stereocenters. The van der Waals surface area contributed by atoms with Crippen LogP contribution in [0.1, 0.15) is 27.2 Å². The van der Waals surface area contributed by atoms with Crippen LogP contribution in [0.15, 0.2) is 11.6 Å². The van der Waals surface area contributed by atoms with E-state index in [1.165, 1.54) is 5.57 Å². The van der Waals surface area contributed by atoms with Gasteiger partial charge in [-0.05, 0) is 25.8 Å². The summed E-state index contributed by atoms with van der Waals surface area (Å²) in [5.74, 6) is 0. The van der Waals surface area contributed by atoms with E-state index >= 15 is 0 Å². The molecule has 1 heterocycles. The Balaban J connectivity index is 2.43. The van der Waals surface area contributed by atoms with Crippen LogP contribution < -0.4 is 0 Å². The molecule has 0 N–H and O–H groups in total. The summed E-state index contributed by atoms with van der Waals surface area (Å²) in [6, 6.07) is 0. The van der Waals surface area contributed by atoms with Gasteiger partial charge in [0, 0.05) is 0 Å². The topological polar surface area (TPSA) is 18.5 Å². The smallest absolute Gasteiger partial charge is 0.180 e. The van der Waals surface area contributed by atoms with Gasteiger partial charge >= 0.3 is 0 Å². The maximum Gasteiger partial charge on any atom is 0.180 e. The van der Waals surface area contributed by atoms with Crippen LogP contribution in [0, 0.1) is 0 Å². The van der Waals surface area contributed by atoms with E-state index in [-0.39, 0.29) is 12.4 Å². The van der Waals surface area contributed by atoms with E-state index in [1.807, 2.05) is 13.8 Å². The maximum atomic E-state index is 5.49. The second kappa shape index (κ2) is 3.88. The first-order valence-corrected chi connectivity index (χ1v) is 4.17. The summed E-state index contributed by atoms with van der Waals surface area (Å²) in [5.41, 5.74) is 1.19. The van der Waals surface area contributed by atoms with Crippen LogP contribution in [0.4, 0.5) is 0 Å². The molecular weight excluding hydrogens is 140 g/mol. The third kappa shape index (κ3) is 2.31. The highest BCUT2D eigenvalue weighted by Gasteiger charge is 2.22. The van der Waals surface area contributed by atoms with Crippen molar-refractivity contribution in [2.45, 2.75) is 39.6 Å². The molecule has 0 bridgehead atoms. The Bertz CT molecular complexity index is 152. The van der Waals surface area contributed by atoms with Crippen molar-refractivity contribution in [1.82, 2.24) is 0 Å². The Labute approximate surface area is 68.2 Å². The summed E-state index contributed by atoms with van der Waals surface area (Å²) in [5, 5.41) is 0. The monoisotopic (exact) mass is 156 g/mol. The van der Waals surface area contributed by atoms with E-state index in [0.717, 1.165) is 13.0 Å². The lowest BCUT2D eigenvalue weighted by atomic mass is 10.2. The molecule has 11 heavy (non-hydrogen) atoms. The van der Waals surface area contributed by atoms with Crippen LogP contribution in [-0.4, -0.2) is 19.0 Å². The molecule has 0 saturated carbocycles. The van der Waals surface area contributed by atoms with Crippen molar-refractivity contribution < 1.29 is 9.47 Å². The van der Waals surface area contributed by atoms with Crippen molar-refractivity contribution in [3.05, 3.63) is 11.6 Å². The molecule has 1 fully saturated rings. The van der Waals surface area contributed by atoms with Crippen LogP contribution in [0.25, 0.3) is 0 Å². The van der Waals surface area contributed by atoms with Gasteiger partial charge in [0.15, 0.2) is 6.29 Å². The van der Waals surface area contributed by atoms with Crippen molar-refractivity contribution >= 4 is 0 Å². The lowest BCUT2D eigenvalue weighted by Gasteiger charge is -2.09. The molecule has 1 saturated heterocycles. The van der Waals surface area contributed by atoms with E-state index < -0.39 is 0 Å². The van der Waals surface area contributed by atoms with Crippen molar-refractivity contribution in [2.75, 3.05) is 6.61 Å². The van der Waals surface area contributed by atoms with Crippen LogP contribution >= 0.6 is 0 Å². The van der Waals surface area contributed by atoms with Gasteiger partial charge in [0.1, 0.15) is 0 Å². The normalized spacial score (nSPS) is 32.8.